The molecular formula is C21H22N4O2. The molecule has 6 nitrogen and oxygen atoms in total. The van der Waals surface area contributed by atoms with Crippen LogP contribution in [0, 0.1) is 16.7 Å². The van der Waals surface area contributed by atoms with E-state index in [1.54, 1.807) is 13.0 Å². The van der Waals surface area contributed by atoms with Gasteiger partial charge in [0.05, 0.1) is 23.2 Å². The van der Waals surface area contributed by atoms with E-state index in [0.29, 0.717) is 34.8 Å². The molecule has 0 spiro atoms. The summed E-state index contributed by atoms with van der Waals surface area (Å²) in [6.07, 6.45) is 2.00. The van der Waals surface area contributed by atoms with E-state index in [9.17, 15) is 9.59 Å². The molecule has 0 radical (unpaired) electrons. The molecule has 2 aliphatic rings. The number of benzene rings is 1. The lowest BCUT2D eigenvalue weighted by atomic mass is 9.72. The second-order valence-electron chi connectivity index (χ2n) is 7.54. The van der Waals surface area contributed by atoms with E-state index in [2.05, 4.69) is 16.4 Å². The number of nitriles is 1. The van der Waals surface area contributed by atoms with E-state index in [1.807, 2.05) is 50.1 Å². The van der Waals surface area contributed by atoms with Crippen molar-refractivity contribution in [1.82, 2.24) is 5.32 Å². The topological polar surface area (TPSA) is 85.6 Å². The minimum atomic E-state index is -0.533. The maximum atomic E-state index is 12.7. The Labute approximate surface area is 158 Å². The van der Waals surface area contributed by atoms with Gasteiger partial charge in [0, 0.05) is 30.1 Å². The molecule has 0 atom stereocenters. The highest BCUT2D eigenvalue weighted by Crippen LogP contribution is 2.39. The van der Waals surface area contributed by atoms with Crippen LogP contribution < -0.4 is 10.2 Å². The van der Waals surface area contributed by atoms with Crippen molar-refractivity contribution in [2.45, 2.75) is 27.2 Å². The van der Waals surface area contributed by atoms with Gasteiger partial charge in [0.1, 0.15) is 6.54 Å². The van der Waals surface area contributed by atoms with Crippen LogP contribution in [-0.2, 0) is 9.59 Å². The Bertz CT molecular complexity index is 943. The number of ketones is 1. The number of anilines is 1. The molecule has 0 bridgehead atoms. The zero-order valence-corrected chi connectivity index (χ0v) is 16.0. The SMILES string of the molecule is CC1=CC(=Nc2ccc(N(C)CC#N)cc2)C2=C(C1=O)C(C)(C)CC(=O)N2. The number of hydrogen-bond donors (Lipinski definition) is 1. The van der Waals surface area contributed by atoms with Gasteiger partial charge in [0.2, 0.25) is 5.91 Å². The molecule has 1 amide bonds. The van der Waals surface area contributed by atoms with Crippen molar-refractivity contribution in [3.8, 4) is 6.07 Å². The first-order valence-electron chi connectivity index (χ1n) is 8.78. The second kappa shape index (κ2) is 6.84. The van der Waals surface area contributed by atoms with E-state index in [1.165, 1.54) is 0 Å². The minimum absolute atomic E-state index is 0.0394. The molecular weight excluding hydrogens is 340 g/mol. The van der Waals surface area contributed by atoms with Crippen molar-refractivity contribution >= 4 is 28.8 Å². The third-order valence-corrected chi connectivity index (χ3v) is 4.84. The summed E-state index contributed by atoms with van der Waals surface area (Å²) >= 11 is 0. The highest BCUT2D eigenvalue weighted by Gasteiger charge is 2.41. The van der Waals surface area contributed by atoms with Crippen molar-refractivity contribution < 1.29 is 9.59 Å². The number of nitrogens with zero attached hydrogens (tertiary/aromatic N) is 3. The molecule has 0 aromatic heterocycles. The molecule has 27 heavy (non-hydrogen) atoms. The highest BCUT2D eigenvalue weighted by atomic mass is 16.2. The molecule has 1 aliphatic carbocycles. The van der Waals surface area contributed by atoms with Gasteiger partial charge in [-0.3, -0.25) is 9.59 Å². The van der Waals surface area contributed by atoms with Crippen LogP contribution in [0.5, 0.6) is 0 Å². The second-order valence-corrected chi connectivity index (χ2v) is 7.54. The van der Waals surface area contributed by atoms with Crippen molar-refractivity contribution in [2.24, 2.45) is 10.4 Å². The van der Waals surface area contributed by atoms with Gasteiger partial charge in [-0.15, -0.1) is 0 Å². The van der Waals surface area contributed by atoms with Crippen molar-refractivity contribution in [1.29, 1.82) is 5.26 Å². The zero-order valence-electron chi connectivity index (χ0n) is 16.0. The van der Waals surface area contributed by atoms with Crippen LogP contribution in [0.1, 0.15) is 27.2 Å². The zero-order chi connectivity index (χ0) is 19.8. The minimum Gasteiger partial charge on any atom is -0.361 e. The number of carbonyl (C=O) groups excluding carboxylic acids is 2. The van der Waals surface area contributed by atoms with Crippen molar-refractivity contribution in [2.75, 3.05) is 18.5 Å². The Hall–Kier alpha value is -3.20. The van der Waals surface area contributed by atoms with Crippen molar-refractivity contribution in [3.63, 3.8) is 0 Å². The van der Waals surface area contributed by atoms with E-state index in [-0.39, 0.29) is 18.1 Å². The van der Waals surface area contributed by atoms with Gasteiger partial charge in [0.25, 0.3) is 0 Å². The summed E-state index contributed by atoms with van der Waals surface area (Å²) in [4.78, 5) is 31.3. The Morgan fingerprint density at radius 3 is 2.56 bits per heavy atom. The van der Waals surface area contributed by atoms with Crippen molar-refractivity contribution in [3.05, 3.63) is 47.2 Å². The molecule has 1 N–H and O–H groups in total. The third-order valence-electron chi connectivity index (χ3n) is 4.84. The lowest BCUT2D eigenvalue weighted by Gasteiger charge is -2.36. The molecule has 1 heterocycles. The Balaban J connectivity index is 2.02. The van der Waals surface area contributed by atoms with Gasteiger partial charge in [-0.1, -0.05) is 13.8 Å². The lowest BCUT2D eigenvalue weighted by Crippen LogP contribution is -2.44. The van der Waals surface area contributed by atoms with Crippen LogP contribution in [0.4, 0.5) is 11.4 Å². The largest absolute Gasteiger partial charge is 0.361 e. The van der Waals surface area contributed by atoms with Crippen LogP contribution in [0.2, 0.25) is 0 Å². The number of nitrogens with one attached hydrogen (secondary N) is 1. The highest BCUT2D eigenvalue weighted by molar-refractivity contribution is 6.26. The number of carbonyl (C=O) groups is 2. The fourth-order valence-corrected chi connectivity index (χ4v) is 3.43. The molecule has 0 fully saturated rings. The molecule has 138 valence electrons. The summed E-state index contributed by atoms with van der Waals surface area (Å²) in [5.74, 6) is -0.150. The first kappa shape index (κ1) is 18.6. The molecule has 1 aromatic carbocycles. The van der Waals surface area contributed by atoms with Crippen LogP contribution >= 0.6 is 0 Å². The number of Topliss-reactive ketones (excluding diaryl/α,β-unsaturated/α-hetero) is 1. The fourth-order valence-electron chi connectivity index (χ4n) is 3.43. The first-order valence-corrected chi connectivity index (χ1v) is 8.78. The van der Waals surface area contributed by atoms with Crippen LogP contribution in [0.15, 0.2) is 52.2 Å². The predicted molar refractivity (Wildman–Crippen MR) is 105 cm³/mol. The summed E-state index contributed by atoms with van der Waals surface area (Å²) in [5.41, 5.74) is 3.42. The summed E-state index contributed by atoms with van der Waals surface area (Å²) in [6.45, 7) is 5.90. The first-order chi connectivity index (χ1) is 12.7. The quantitative estimate of drug-likeness (QED) is 0.661. The van der Waals surface area contributed by atoms with E-state index in [0.717, 1.165) is 5.69 Å². The van der Waals surface area contributed by atoms with Gasteiger partial charge < -0.3 is 10.2 Å². The van der Waals surface area contributed by atoms with Gasteiger partial charge in [-0.2, -0.15) is 5.26 Å². The van der Waals surface area contributed by atoms with Crippen LogP contribution in [-0.4, -0.2) is 31.0 Å². The molecule has 1 aliphatic heterocycles. The Morgan fingerprint density at radius 1 is 1.26 bits per heavy atom. The summed E-state index contributed by atoms with van der Waals surface area (Å²) in [6, 6.07) is 9.59. The Morgan fingerprint density at radius 2 is 1.93 bits per heavy atom. The summed E-state index contributed by atoms with van der Waals surface area (Å²) in [5, 5.41) is 11.6. The van der Waals surface area contributed by atoms with E-state index in [4.69, 9.17) is 5.26 Å². The molecule has 0 saturated heterocycles. The monoisotopic (exact) mass is 362 g/mol. The van der Waals surface area contributed by atoms with Crippen LogP contribution in [0.3, 0.4) is 0 Å². The summed E-state index contributed by atoms with van der Waals surface area (Å²) in [7, 11) is 1.85. The van der Waals surface area contributed by atoms with E-state index < -0.39 is 5.41 Å². The number of amides is 1. The smallest absolute Gasteiger partial charge is 0.225 e. The molecule has 1 aromatic rings. The average molecular weight is 362 g/mol. The molecule has 0 saturated carbocycles. The number of allylic oxidation sites excluding steroid dienone is 3. The number of rotatable bonds is 3. The van der Waals surface area contributed by atoms with Gasteiger partial charge in [-0.05, 0) is 42.8 Å². The number of aliphatic imine (C=N–C) groups is 1. The van der Waals surface area contributed by atoms with Crippen LogP contribution in [0.25, 0.3) is 0 Å². The standard InChI is InChI=1S/C21H22N4O2/c1-13-11-16(19-18(20(13)27)21(2,3)12-17(26)24-19)23-14-5-7-15(8-6-14)25(4)10-9-22/h5-8,11H,10,12H2,1-4H3,(H,24,26). The summed E-state index contributed by atoms with van der Waals surface area (Å²) < 4.78 is 0. The molecule has 6 heteroatoms. The predicted octanol–water partition coefficient (Wildman–Crippen LogP) is 3.05. The Kier molecular flexibility index (Phi) is 4.71. The maximum Gasteiger partial charge on any atom is 0.225 e. The van der Waals surface area contributed by atoms with E-state index >= 15 is 0 Å². The normalized spacial score (nSPS) is 20.0. The third kappa shape index (κ3) is 3.54. The average Bonchev–Trinajstić information content (AvgIpc) is 2.59. The molecule has 3 rings (SSSR count). The number of hydrogen-bond acceptors (Lipinski definition) is 5. The lowest BCUT2D eigenvalue weighted by molar-refractivity contribution is -0.123. The van der Waals surface area contributed by atoms with Gasteiger partial charge >= 0.3 is 0 Å². The van der Waals surface area contributed by atoms with Gasteiger partial charge in [-0.25, -0.2) is 4.99 Å². The maximum absolute atomic E-state index is 12.7. The van der Waals surface area contributed by atoms with Gasteiger partial charge in [0.15, 0.2) is 5.78 Å². The molecule has 0 unspecified atom stereocenters. The fraction of sp³-hybridized carbons (Fsp3) is 0.333.